The average molecular weight is 200 g/mol. The summed E-state index contributed by atoms with van der Waals surface area (Å²) in [5.74, 6) is 0. The Balaban J connectivity index is 2.05. The van der Waals surface area contributed by atoms with Crippen molar-refractivity contribution in [2.75, 3.05) is 26.2 Å². The minimum Gasteiger partial charge on any atom is -0.448 e. The third-order valence-corrected chi connectivity index (χ3v) is 2.46. The quantitative estimate of drug-likeness (QED) is 0.701. The summed E-state index contributed by atoms with van der Waals surface area (Å²) in [6.45, 7) is 7.43. The molecular weight excluding hydrogens is 180 g/mol. The Bertz CT molecular complexity index is 185. The minimum atomic E-state index is -0.152. The molecule has 82 valence electrons. The molecule has 1 aliphatic rings. The summed E-state index contributed by atoms with van der Waals surface area (Å²) < 4.78 is 4.84. The largest absolute Gasteiger partial charge is 0.448 e. The third kappa shape index (κ3) is 3.54. The maximum Gasteiger partial charge on any atom is 0.409 e. The van der Waals surface area contributed by atoms with E-state index in [0.717, 1.165) is 32.5 Å². The zero-order valence-corrected chi connectivity index (χ0v) is 9.08. The van der Waals surface area contributed by atoms with E-state index in [2.05, 4.69) is 19.2 Å². The van der Waals surface area contributed by atoms with Crippen LogP contribution in [0.15, 0.2) is 0 Å². The number of nitrogens with one attached hydrogen (secondary N) is 1. The predicted octanol–water partition coefficient (Wildman–Crippen LogP) is 1.22. The molecule has 0 aliphatic carbocycles. The van der Waals surface area contributed by atoms with Crippen LogP contribution >= 0.6 is 0 Å². The maximum absolute atomic E-state index is 11.1. The average Bonchev–Trinajstić information content (AvgIpc) is 2.52. The summed E-state index contributed by atoms with van der Waals surface area (Å²) in [6.07, 6.45) is 2.00. The molecule has 0 bridgehead atoms. The molecule has 0 saturated carbocycles. The first-order valence-corrected chi connectivity index (χ1v) is 5.39. The predicted molar refractivity (Wildman–Crippen MR) is 55.3 cm³/mol. The number of nitrogens with zero attached hydrogens (tertiary/aromatic N) is 1. The van der Waals surface area contributed by atoms with Crippen molar-refractivity contribution in [2.45, 2.75) is 32.7 Å². The van der Waals surface area contributed by atoms with Crippen LogP contribution in [0.2, 0.25) is 0 Å². The van der Waals surface area contributed by atoms with E-state index in [4.69, 9.17) is 4.74 Å². The lowest BCUT2D eigenvalue weighted by atomic mass is 10.2. The molecule has 14 heavy (non-hydrogen) atoms. The van der Waals surface area contributed by atoms with Crippen LogP contribution in [-0.2, 0) is 4.74 Å². The zero-order chi connectivity index (χ0) is 10.4. The van der Waals surface area contributed by atoms with E-state index in [1.165, 1.54) is 0 Å². The number of ether oxygens (including phenoxy) is 1. The van der Waals surface area contributed by atoms with Gasteiger partial charge in [0.25, 0.3) is 0 Å². The van der Waals surface area contributed by atoms with Crippen molar-refractivity contribution in [1.29, 1.82) is 0 Å². The molecule has 1 saturated heterocycles. The number of amides is 1. The monoisotopic (exact) mass is 200 g/mol. The molecule has 1 atom stereocenters. The molecule has 4 heteroatoms. The molecule has 0 radical (unpaired) electrons. The fraction of sp³-hybridized carbons (Fsp3) is 0.900. The molecule has 0 aromatic rings. The summed E-state index contributed by atoms with van der Waals surface area (Å²) in [5, 5.41) is 3.35. The Morgan fingerprint density at radius 1 is 1.64 bits per heavy atom. The van der Waals surface area contributed by atoms with E-state index >= 15 is 0 Å². The van der Waals surface area contributed by atoms with Gasteiger partial charge in [-0.1, -0.05) is 6.92 Å². The Labute approximate surface area is 85.6 Å². The smallest absolute Gasteiger partial charge is 0.409 e. The molecule has 1 aliphatic heterocycles. The van der Waals surface area contributed by atoms with E-state index in [9.17, 15) is 4.79 Å². The molecular formula is C10H20N2O2. The first-order chi connectivity index (χ1) is 6.74. The Morgan fingerprint density at radius 3 is 3.00 bits per heavy atom. The fourth-order valence-corrected chi connectivity index (χ4v) is 1.67. The fourth-order valence-electron chi connectivity index (χ4n) is 1.67. The highest BCUT2D eigenvalue weighted by atomic mass is 16.6. The van der Waals surface area contributed by atoms with Gasteiger partial charge in [-0.3, -0.25) is 0 Å². The second-order valence-corrected chi connectivity index (χ2v) is 3.70. The van der Waals surface area contributed by atoms with Crippen LogP contribution in [0.3, 0.4) is 0 Å². The van der Waals surface area contributed by atoms with E-state index in [0.29, 0.717) is 12.6 Å². The lowest BCUT2D eigenvalue weighted by molar-refractivity contribution is 0.158. The van der Waals surface area contributed by atoms with Crippen molar-refractivity contribution in [3.05, 3.63) is 0 Å². The van der Waals surface area contributed by atoms with Crippen LogP contribution in [0.4, 0.5) is 4.79 Å². The van der Waals surface area contributed by atoms with Gasteiger partial charge in [-0.25, -0.2) is 4.79 Å². The maximum atomic E-state index is 11.1. The Kier molecular flexibility index (Phi) is 4.73. The second kappa shape index (κ2) is 5.86. The van der Waals surface area contributed by atoms with Crippen LogP contribution in [-0.4, -0.2) is 43.3 Å². The van der Waals surface area contributed by atoms with Crippen LogP contribution in [0, 0.1) is 0 Å². The second-order valence-electron chi connectivity index (χ2n) is 3.70. The summed E-state index contributed by atoms with van der Waals surface area (Å²) in [5.41, 5.74) is 0. The van der Waals surface area contributed by atoms with E-state index in [1.54, 1.807) is 4.90 Å². The highest BCUT2D eigenvalue weighted by molar-refractivity contribution is 5.69. The standard InChI is InChI=1S/C10H20N2O2/c1-3-11-9(2)5-4-6-12-7-8-14-10(12)13/h9,11H,3-8H2,1-2H3. The van der Waals surface area contributed by atoms with Gasteiger partial charge in [-0.2, -0.15) is 0 Å². The van der Waals surface area contributed by atoms with Crippen LogP contribution < -0.4 is 5.32 Å². The van der Waals surface area contributed by atoms with Crippen LogP contribution in [0.1, 0.15) is 26.7 Å². The molecule has 1 fully saturated rings. The molecule has 1 N–H and O–H groups in total. The number of hydrogen-bond acceptors (Lipinski definition) is 3. The number of cyclic esters (lactones) is 1. The van der Waals surface area contributed by atoms with Gasteiger partial charge in [0, 0.05) is 12.6 Å². The van der Waals surface area contributed by atoms with Gasteiger partial charge in [0.2, 0.25) is 0 Å². The zero-order valence-electron chi connectivity index (χ0n) is 9.08. The summed E-state index contributed by atoms with van der Waals surface area (Å²) in [4.78, 5) is 12.8. The lowest BCUT2D eigenvalue weighted by Gasteiger charge is -2.15. The third-order valence-electron chi connectivity index (χ3n) is 2.46. The van der Waals surface area contributed by atoms with Crippen LogP contribution in [0.25, 0.3) is 0 Å². The number of rotatable bonds is 6. The van der Waals surface area contributed by atoms with Gasteiger partial charge in [0.15, 0.2) is 0 Å². The highest BCUT2D eigenvalue weighted by Crippen LogP contribution is 2.06. The van der Waals surface area contributed by atoms with E-state index < -0.39 is 0 Å². The van der Waals surface area contributed by atoms with Crippen molar-refractivity contribution in [3.63, 3.8) is 0 Å². The molecule has 1 amide bonds. The number of carbonyl (C=O) groups is 1. The SMILES string of the molecule is CCNC(C)CCCN1CCOC1=O. The molecule has 4 nitrogen and oxygen atoms in total. The van der Waals surface area contributed by atoms with Crippen molar-refractivity contribution < 1.29 is 9.53 Å². The highest BCUT2D eigenvalue weighted by Gasteiger charge is 2.20. The number of hydrogen-bond donors (Lipinski definition) is 1. The summed E-state index contributed by atoms with van der Waals surface area (Å²) in [6, 6.07) is 0.540. The van der Waals surface area contributed by atoms with Gasteiger partial charge in [0.05, 0.1) is 6.54 Å². The molecule has 1 heterocycles. The summed E-state index contributed by atoms with van der Waals surface area (Å²) >= 11 is 0. The van der Waals surface area contributed by atoms with Gasteiger partial charge in [-0.15, -0.1) is 0 Å². The summed E-state index contributed by atoms with van der Waals surface area (Å²) in [7, 11) is 0. The van der Waals surface area contributed by atoms with Crippen molar-refractivity contribution in [1.82, 2.24) is 10.2 Å². The van der Waals surface area contributed by atoms with Crippen molar-refractivity contribution in [3.8, 4) is 0 Å². The van der Waals surface area contributed by atoms with Gasteiger partial charge < -0.3 is 15.0 Å². The van der Waals surface area contributed by atoms with Gasteiger partial charge in [-0.05, 0) is 26.3 Å². The van der Waals surface area contributed by atoms with E-state index in [1.807, 2.05) is 0 Å². The normalized spacial score (nSPS) is 18.4. The van der Waals surface area contributed by atoms with Crippen molar-refractivity contribution in [2.24, 2.45) is 0 Å². The van der Waals surface area contributed by atoms with Gasteiger partial charge >= 0.3 is 6.09 Å². The number of carbonyl (C=O) groups excluding carboxylic acids is 1. The molecule has 1 unspecified atom stereocenters. The Hall–Kier alpha value is -0.770. The molecule has 0 aromatic heterocycles. The first-order valence-electron chi connectivity index (χ1n) is 5.39. The lowest BCUT2D eigenvalue weighted by Crippen LogP contribution is -2.29. The van der Waals surface area contributed by atoms with Crippen LogP contribution in [0.5, 0.6) is 0 Å². The molecule has 0 spiro atoms. The van der Waals surface area contributed by atoms with Crippen molar-refractivity contribution >= 4 is 6.09 Å². The topological polar surface area (TPSA) is 41.6 Å². The van der Waals surface area contributed by atoms with Gasteiger partial charge in [0.1, 0.15) is 6.61 Å². The first kappa shape index (κ1) is 11.3. The molecule has 0 aromatic carbocycles. The minimum absolute atomic E-state index is 0.152. The van der Waals surface area contributed by atoms with E-state index in [-0.39, 0.29) is 6.09 Å². The molecule has 1 rings (SSSR count). The Morgan fingerprint density at radius 2 is 2.43 bits per heavy atom.